The second-order valence-corrected chi connectivity index (χ2v) is 6.68. The zero-order valence-electron chi connectivity index (χ0n) is 14.9. The van der Waals surface area contributed by atoms with Gasteiger partial charge in [-0.05, 0) is 45.0 Å². The van der Waals surface area contributed by atoms with Crippen molar-refractivity contribution in [1.82, 2.24) is 10.2 Å². The molecular weight excluding hydrogens is 272 g/mol. The van der Waals surface area contributed by atoms with Crippen LogP contribution in [0.15, 0.2) is 18.2 Å². The minimum atomic E-state index is -0.0618. The number of nitrogens with one attached hydrogen (secondary N) is 1. The van der Waals surface area contributed by atoms with Gasteiger partial charge >= 0.3 is 0 Å². The average Bonchev–Trinajstić information content (AvgIpc) is 2.51. The normalized spacial score (nSPS) is 24.2. The zero-order valence-corrected chi connectivity index (χ0v) is 14.9. The van der Waals surface area contributed by atoms with Crippen molar-refractivity contribution in [3.63, 3.8) is 0 Å². The minimum absolute atomic E-state index is 0.0618. The highest BCUT2D eigenvalue weighted by Gasteiger charge is 2.35. The lowest BCUT2D eigenvalue weighted by molar-refractivity contribution is 0.0438. The summed E-state index contributed by atoms with van der Waals surface area (Å²) in [5.41, 5.74) is 2.52. The van der Waals surface area contributed by atoms with Gasteiger partial charge in [0, 0.05) is 31.1 Å². The summed E-state index contributed by atoms with van der Waals surface area (Å²) in [5, 5.41) is 3.76. The van der Waals surface area contributed by atoms with Crippen molar-refractivity contribution in [3.05, 3.63) is 29.3 Å². The first-order chi connectivity index (χ1) is 10.5. The molecule has 2 rings (SSSR count). The van der Waals surface area contributed by atoms with Crippen molar-refractivity contribution in [3.8, 4) is 5.75 Å². The van der Waals surface area contributed by atoms with Crippen LogP contribution in [0, 0.1) is 6.92 Å². The number of ether oxygens (including phenoxy) is 1. The Bertz CT molecular complexity index is 484. The summed E-state index contributed by atoms with van der Waals surface area (Å²) >= 11 is 0. The van der Waals surface area contributed by atoms with Gasteiger partial charge in [0.25, 0.3) is 0 Å². The molecule has 0 radical (unpaired) electrons. The van der Waals surface area contributed by atoms with Crippen molar-refractivity contribution in [2.45, 2.75) is 59.1 Å². The number of hydrogen-bond donors (Lipinski definition) is 1. The number of benzene rings is 1. The second kappa shape index (κ2) is 7.47. The van der Waals surface area contributed by atoms with Crippen LogP contribution in [-0.2, 0) is 0 Å². The summed E-state index contributed by atoms with van der Waals surface area (Å²) in [5.74, 6) is 1.07. The van der Waals surface area contributed by atoms with E-state index in [9.17, 15) is 0 Å². The number of nitrogens with zero attached hydrogens (tertiary/aromatic N) is 1. The van der Waals surface area contributed by atoms with Gasteiger partial charge in [-0.15, -0.1) is 0 Å². The van der Waals surface area contributed by atoms with Crippen LogP contribution in [0.2, 0.25) is 0 Å². The molecule has 1 aliphatic heterocycles. The summed E-state index contributed by atoms with van der Waals surface area (Å²) in [6.45, 7) is 15.4. The summed E-state index contributed by atoms with van der Waals surface area (Å²) < 4.78 is 6.30. The van der Waals surface area contributed by atoms with Gasteiger partial charge < -0.3 is 15.0 Å². The lowest BCUT2D eigenvalue weighted by atomic mass is 9.86. The largest absolute Gasteiger partial charge is 0.487 e. The number of hydrogen-bond acceptors (Lipinski definition) is 3. The maximum absolute atomic E-state index is 6.30. The molecule has 1 aromatic rings. The van der Waals surface area contributed by atoms with E-state index in [-0.39, 0.29) is 5.60 Å². The first-order valence-corrected chi connectivity index (χ1v) is 8.76. The molecule has 0 aliphatic carbocycles. The molecule has 2 unspecified atom stereocenters. The Morgan fingerprint density at radius 2 is 2.00 bits per heavy atom. The fraction of sp³-hybridized carbons (Fsp3) is 0.684. The van der Waals surface area contributed by atoms with Gasteiger partial charge in [-0.25, -0.2) is 0 Å². The smallest absolute Gasteiger partial charge is 0.125 e. The molecule has 124 valence electrons. The lowest BCUT2D eigenvalue weighted by Crippen LogP contribution is -2.43. The van der Waals surface area contributed by atoms with E-state index in [1.54, 1.807) is 0 Å². The molecule has 3 nitrogen and oxygen atoms in total. The molecule has 0 saturated carbocycles. The van der Waals surface area contributed by atoms with E-state index in [4.69, 9.17) is 4.74 Å². The second-order valence-electron chi connectivity index (χ2n) is 6.68. The van der Waals surface area contributed by atoms with Crippen molar-refractivity contribution in [1.29, 1.82) is 0 Å². The van der Waals surface area contributed by atoms with Gasteiger partial charge in [0.15, 0.2) is 0 Å². The fourth-order valence-electron chi connectivity index (χ4n) is 3.20. The molecule has 1 aromatic carbocycles. The summed E-state index contributed by atoms with van der Waals surface area (Å²) in [7, 11) is 0. The number of likely N-dealkylation sites (N-methyl/N-ethyl adjacent to an activating group) is 1. The summed E-state index contributed by atoms with van der Waals surface area (Å²) in [4.78, 5) is 2.46. The Labute approximate surface area is 136 Å². The third-order valence-electron chi connectivity index (χ3n) is 5.00. The molecule has 3 heteroatoms. The van der Waals surface area contributed by atoms with Crippen LogP contribution >= 0.6 is 0 Å². The van der Waals surface area contributed by atoms with E-state index in [2.05, 4.69) is 63.0 Å². The molecule has 0 spiro atoms. The van der Waals surface area contributed by atoms with Crippen LogP contribution in [0.4, 0.5) is 0 Å². The monoisotopic (exact) mass is 304 g/mol. The van der Waals surface area contributed by atoms with E-state index in [0.29, 0.717) is 6.04 Å². The van der Waals surface area contributed by atoms with Crippen LogP contribution in [-0.4, -0.2) is 36.7 Å². The fourth-order valence-corrected chi connectivity index (χ4v) is 3.20. The Morgan fingerprint density at radius 3 is 2.64 bits per heavy atom. The highest BCUT2D eigenvalue weighted by atomic mass is 16.5. The van der Waals surface area contributed by atoms with Crippen molar-refractivity contribution in [2.24, 2.45) is 0 Å². The maximum atomic E-state index is 6.30. The van der Waals surface area contributed by atoms with Crippen molar-refractivity contribution >= 4 is 0 Å². The first kappa shape index (κ1) is 17.3. The van der Waals surface area contributed by atoms with Gasteiger partial charge in [0.2, 0.25) is 0 Å². The van der Waals surface area contributed by atoms with E-state index >= 15 is 0 Å². The predicted octanol–water partition coefficient (Wildman–Crippen LogP) is 3.92. The molecule has 0 saturated heterocycles. The van der Waals surface area contributed by atoms with Gasteiger partial charge in [0.1, 0.15) is 11.4 Å². The molecule has 0 amide bonds. The topological polar surface area (TPSA) is 24.5 Å². The van der Waals surface area contributed by atoms with Gasteiger partial charge in [-0.3, -0.25) is 0 Å². The molecule has 2 atom stereocenters. The summed E-state index contributed by atoms with van der Waals surface area (Å²) in [6.07, 6.45) is 2.08. The Morgan fingerprint density at radius 1 is 1.27 bits per heavy atom. The van der Waals surface area contributed by atoms with Crippen LogP contribution in [0.1, 0.15) is 57.7 Å². The highest BCUT2D eigenvalue weighted by Crippen LogP contribution is 2.41. The standard InChI is InChI=1S/C19H32N2O/c1-6-19(5)14-17(20-11-12-21(7-2)8-3)16-10-9-15(4)13-18(16)22-19/h9-10,13,17,20H,6-8,11-12,14H2,1-5H3. The lowest BCUT2D eigenvalue weighted by Gasteiger charge is -2.40. The van der Waals surface area contributed by atoms with Gasteiger partial charge in [-0.1, -0.05) is 32.9 Å². The zero-order chi connectivity index (χ0) is 16.2. The third-order valence-corrected chi connectivity index (χ3v) is 5.00. The quantitative estimate of drug-likeness (QED) is 0.826. The van der Waals surface area contributed by atoms with E-state index in [0.717, 1.165) is 44.8 Å². The average molecular weight is 304 g/mol. The summed E-state index contributed by atoms with van der Waals surface area (Å²) in [6, 6.07) is 7.00. The third kappa shape index (κ3) is 4.02. The maximum Gasteiger partial charge on any atom is 0.125 e. The predicted molar refractivity (Wildman–Crippen MR) is 93.7 cm³/mol. The van der Waals surface area contributed by atoms with Crippen LogP contribution in [0.5, 0.6) is 5.75 Å². The highest BCUT2D eigenvalue weighted by molar-refractivity contribution is 5.41. The van der Waals surface area contributed by atoms with Crippen LogP contribution < -0.4 is 10.1 Å². The van der Waals surface area contributed by atoms with E-state index in [1.165, 1.54) is 11.1 Å². The first-order valence-electron chi connectivity index (χ1n) is 8.76. The molecule has 0 fully saturated rings. The molecule has 1 N–H and O–H groups in total. The van der Waals surface area contributed by atoms with Crippen LogP contribution in [0.25, 0.3) is 0 Å². The van der Waals surface area contributed by atoms with Gasteiger partial charge in [-0.2, -0.15) is 0 Å². The number of fused-ring (bicyclic) bond motifs is 1. The van der Waals surface area contributed by atoms with Crippen LogP contribution in [0.3, 0.4) is 0 Å². The minimum Gasteiger partial charge on any atom is -0.487 e. The van der Waals surface area contributed by atoms with Crippen molar-refractivity contribution < 1.29 is 4.74 Å². The van der Waals surface area contributed by atoms with Crippen molar-refractivity contribution in [2.75, 3.05) is 26.2 Å². The Hall–Kier alpha value is -1.06. The molecule has 1 aliphatic rings. The Balaban J connectivity index is 2.09. The number of rotatable bonds is 7. The molecular formula is C19H32N2O. The Kier molecular flexibility index (Phi) is 5.87. The molecule has 0 bridgehead atoms. The van der Waals surface area contributed by atoms with E-state index < -0.39 is 0 Å². The SMILES string of the molecule is CCN(CC)CCNC1CC(C)(CC)Oc2cc(C)ccc21. The molecule has 1 heterocycles. The molecule has 22 heavy (non-hydrogen) atoms. The van der Waals surface area contributed by atoms with Gasteiger partial charge in [0.05, 0.1) is 0 Å². The van der Waals surface area contributed by atoms with E-state index in [1.807, 2.05) is 0 Å². The number of aryl methyl sites for hydroxylation is 1. The molecule has 0 aromatic heterocycles.